The molecule has 6 nitrogen and oxygen atoms in total. The summed E-state index contributed by atoms with van der Waals surface area (Å²) in [6, 6.07) is 5.90. The van der Waals surface area contributed by atoms with Crippen molar-refractivity contribution in [3.8, 4) is 17.0 Å². The van der Waals surface area contributed by atoms with Gasteiger partial charge in [-0.2, -0.15) is 0 Å². The SMILES string of the molecule is COCC(C)Oc1cc(-c2c(C)cc3c(c2NC(=O)NSC)CCC3)ccn1. The van der Waals surface area contributed by atoms with E-state index in [0.717, 1.165) is 41.6 Å². The van der Waals surface area contributed by atoms with Crippen LogP contribution in [0, 0.1) is 6.92 Å². The number of carbonyl (C=O) groups excluding carboxylic acids is 1. The first kappa shape index (κ1) is 20.5. The van der Waals surface area contributed by atoms with E-state index in [1.54, 1.807) is 13.3 Å². The molecule has 1 aromatic heterocycles. The molecular weight excluding hydrogens is 374 g/mol. The van der Waals surface area contributed by atoms with Gasteiger partial charge in [-0.3, -0.25) is 4.72 Å². The van der Waals surface area contributed by atoms with Crippen molar-refractivity contribution in [1.82, 2.24) is 9.71 Å². The molecule has 1 heterocycles. The number of carbonyl (C=O) groups is 1. The van der Waals surface area contributed by atoms with Crippen molar-refractivity contribution in [2.45, 2.75) is 39.2 Å². The van der Waals surface area contributed by atoms with Gasteiger partial charge in [-0.1, -0.05) is 18.0 Å². The fourth-order valence-electron chi connectivity index (χ4n) is 3.74. The van der Waals surface area contributed by atoms with Crippen molar-refractivity contribution in [1.29, 1.82) is 0 Å². The van der Waals surface area contributed by atoms with Crippen LogP contribution in [0.15, 0.2) is 24.4 Å². The monoisotopic (exact) mass is 401 g/mol. The number of methoxy groups -OCH3 is 1. The first-order valence-corrected chi connectivity index (χ1v) is 10.6. The molecule has 2 amide bonds. The molecule has 1 aromatic carbocycles. The number of amides is 2. The molecule has 2 N–H and O–H groups in total. The maximum Gasteiger partial charge on any atom is 0.329 e. The van der Waals surface area contributed by atoms with Gasteiger partial charge in [0.25, 0.3) is 0 Å². The maximum atomic E-state index is 12.3. The lowest BCUT2D eigenvalue weighted by Crippen LogP contribution is -2.23. The Morgan fingerprint density at radius 1 is 1.36 bits per heavy atom. The van der Waals surface area contributed by atoms with E-state index in [2.05, 4.69) is 28.0 Å². The minimum absolute atomic E-state index is 0.0983. The molecule has 1 atom stereocenters. The Hall–Kier alpha value is -2.25. The van der Waals surface area contributed by atoms with Gasteiger partial charge in [0.15, 0.2) is 0 Å². The van der Waals surface area contributed by atoms with Crippen molar-refractivity contribution in [3.05, 3.63) is 41.1 Å². The van der Waals surface area contributed by atoms with Gasteiger partial charge in [-0.05, 0) is 61.4 Å². The molecule has 0 aliphatic heterocycles. The normalized spacial score (nSPS) is 13.7. The lowest BCUT2D eigenvalue weighted by atomic mass is 9.93. The quantitative estimate of drug-likeness (QED) is 0.675. The molecule has 0 saturated heterocycles. The Bertz CT molecular complexity index is 857. The predicted octanol–water partition coefficient (Wildman–Crippen LogP) is 4.36. The second-order valence-corrected chi connectivity index (χ2v) is 7.57. The highest BCUT2D eigenvalue weighted by molar-refractivity contribution is 7.97. The molecule has 0 saturated carbocycles. The molecular formula is C21H27N3O3S. The summed E-state index contributed by atoms with van der Waals surface area (Å²) in [6.07, 6.45) is 6.60. The number of nitrogens with zero attached hydrogens (tertiary/aromatic N) is 1. The maximum absolute atomic E-state index is 12.3. The number of aromatic nitrogens is 1. The number of benzene rings is 1. The zero-order valence-electron chi connectivity index (χ0n) is 16.8. The molecule has 1 unspecified atom stereocenters. The van der Waals surface area contributed by atoms with Crippen LogP contribution in [0.3, 0.4) is 0 Å². The molecule has 2 aromatic rings. The molecule has 1 aliphatic rings. The lowest BCUT2D eigenvalue weighted by molar-refractivity contribution is 0.0890. The second-order valence-electron chi connectivity index (χ2n) is 6.96. The van der Waals surface area contributed by atoms with E-state index in [0.29, 0.717) is 12.5 Å². The van der Waals surface area contributed by atoms with E-state index in [-0.39, 0.29) is 12.1 Å². The summed E-state index contributed by atoms with van der Waals surface area (Å²) in [6.45, 7) is 4.52. The third kappa shape index (κ3) is 4.59. The Balaban J connectivity index is 2.02. The van der Waals surface area contributed by atoms with Gasteiger partial charge in [0.05, 0.1) is 12.3 Å². The van der Waals surface area contributed by atoms with Crippen molar-refractivity contribution in [3.63, 3.8) is 0 Å². The highest BCUT2D eigenvalue weighted by Gasteiger charge is 2.23. The fraction of sp³-hybridized carbons (Fsp3) is 0.429. The Morgan fingerprint density at radius 3 is 2.93 bits per heavy atom. The predicted molar refractivity (Wildman–Crippen MR) is 114 cm³/mol. The Kier molecular flexibility index (Phi) is 6.80. The van der Waals surface area contributed by atoms with Gasteiger partial charge >= 0.3 is 6.03 Å². The number of urea groups is 1. The summed E-state index contributed by atoms with van der Waals surface area (Å²) in [5, 5.41) is 3.08. The summed E-state index contributed by atoms with van der Waals surface area (Å²) < 4.78 is 13.8. The van der Waals surface area contributed by atoms with Crippen LogP contribution in [0.5, 0.6) is 5.88 Å². The number of anilines is 1. The minimum atomic E-state index is -0.215. The van der Waals surface area contributed by atoms with Gasteiger partial charge in [0.1, 0.15) is 6.10 Å². The number of hydrogen-bond acceptors (Lipinski definition) is 5. The van der Waals surface area contributed by atoms with Crippen LogP contribution in [0.2, 0.25) is 0 Å². The topological polar surface area (TPSA) is 72.5 Å². The molecule has 0 bridgehead atoms. The standard InChI is InChI=1S/C21H27N3O3S/c1-13-10-15-6-5-7-17(15)20(23-21(25)24-28-4)19(13)16-8-9-22-18(11-16)27-14(2)12-26-3/h8-11,14H,5-7,12H2,1-4H3,(H2,23,24,25). The number of hydrogen-bond donors (Lipinski definition) is 2. The van der Waals surface area contributed by atoms with Crippen LogP contribution in [-0.2, 0) is 17.6 Å². The van der Waals surface area contributed by atoms with Crippen molar-refractivity contribution in [2.24, 2.45) is 0 Å². The van der Waals surface area contributed by atoms with E-state index in [1.165, 1.54) is 23.1 Å². The largest absolute Gasteiger partial charge is 0.472 e. The summed E-state index contributed by atoms with van der Waals surface area (Å²) in [4.78, 5) is 16.6. The van der Waals surface area contributed by atoms with E-state index in [1.807, 2.05) is 25.3 Å². The summed E-state index contributed by atoms with van der Waals surface area (Å²) in [5.74, 6) is 0.543. The summed E-state index contributed by atoms with van der Waals surface area (Å²) in [7, 11) is 1.65. The second kappa shape index (κ2) is 9.30. The number of pyridine rings is 1. The van der Waals surface area contributed by atoms with Crippen molar-refractivity contribution in [2.75, 3.05) is 25.3 Å². The van der Waals surface area contributed by atoms with Crippen molar-refractivity contribution < 1.29 is 14.3 Å². The fourth-order valence-corrected chi connectivity index (χ4v) is 3.98. The zero-order chi connectivity index (χ0) is 20.1. The van der Waals surface area contributed by atoms with Crippen LogP contribution in [-0.4, -0.2) is 37.1 Å². The van der Waals surface area contributed by atoms with Crippen LogP contribution in [0.4, 0.5) is 10.5 Å². The molecule has 7 heteroatoms. The number of ether oxygens (including phenoxy) is 2. The molecule has 3 rings (SSSR count). The van der Waals surface area contributed by atoms with Crippen LogP contribution < -0.4 is 14.8 Å². The number of fused-ring (bicyclic) bond motifs is 1. The number of rotatable bonds is 7. The van der Waals surface area contributed by atoms with Crippen molar-refractivity contribution >= 4 is 23.7 Å². The van der Waals surface area contributed by atoms with Gasteiger partial charge in [-0.15, -0.1) is 0 Å². The van der Waals surface area contributed by atoms with E-state index >= 15 is 0 Å². The Labute approximate surface area is 170 Å². The minimum Gasteiger partial charge on any atom is -0.472 e. The van der Waals surface area contributed by atoms with Gasteiger partial charge in [0.2, 0.25) is 5.88 Å². The zero-order valence-corrected chi connectivity index (χ0v) is 17.6. The first-order valence-electron chi connectivity index (χ1n) is 9.40. The van der Waals surface area contributed by atoms with Crippen LogP contribution in [0.1, 0.15) is 30.0 Å². The number of nitrogens with one attached hydrogen (secondary N) is 2. The highest BCUT2D eigenvalue weighted by Crippen LogP contribution is 2.40. The van der Waals surface area contributed by atoms with Gasteiger partial charge in [0, 0.05) is 31.2 Å². The van der Waals surface area contributed by atoms with E-state index in [9.17, 15) is 4.79 Å². The van der Waals surface area contributed by atoms with Gasteiger partial charge in [-0.25, -0.2) is 9.78 Å². The van der Waals surface area contributed by atoms with E-state index < -0.39 is 0 Å². The third-order valence-electron chi connectivity index (χ3n) is 4.78. The number of aryl methyl sites for hydroxylation is 2. The van der Waals surface area contributed by atoms with Crippen LogP contribution in [0.25, 0.3) is 11.1 Å². The summed E-state index contributed by atoms with van der Waals surface area (Å²) in [5.41, 5.74) is 6.55. The smallest absolute Gasteiger partial charge is 0.329 e. The first-order chi connectivity index (χ1) is 13.5. The molecule has 0 fully saturated rings. The molecule has 0 radical (unpaired) electrons. The molecule has 28 heavy (non-hydrogen) atoms. The van der Waals surface area contributed by atoms with Gasteiger partial charge < -0.3 is 14.8 Å². The highest BCUT2D eigenvalue weighted by atomic mass is 32.2. The Morgan fingerprint density at radius 2 is 2.18 bits per heavy atom. The molecule has 0 spiro atoms. The summed E-state index contributed by atoms with van der Waals surface area (Å²) >= 11 is 1.28. The average Bonchev–Trinajstić information content (AvgIpc) is 3.10. The molecule has 1 aliphatic carbocycles. The molecule has 150 valence electrons. The average molecular weight is 402 g/mol. The van der Waals surface area contributed by atoms with E-state index in [4.69, 9.17) is 9.47 Å². The lowest BCUT2D eigenvalue weighted by Gasteiger charge is -2.20. The third-order valence-corrected chi connectivity index (χ3v) is 5.17. The van der Waals surface area contributed by atoms with Crippen LogP contribution >= 0.6 is 11.9 Å².